The highest BCUT2D eigenvalue weighted by atomic mass is 16.7. The number of hydrogen-bond donors (Lipinski definition) is 0. The molecule has 3 aliphatic heterocycles. The zero-order chi connectivity index (χ0) is 19.5. The van der Waals surface area contributed by atoms with E-state index >= 15 is 0 Å². The first-order chi connectivity index (χ1) is 13.6. The number of piperazine rings is 1. The van der Waals surface area contributed by atoms with Crippen LogP contribution in [0.4, 0.5) is 0 Å². The summed E-state index contributed by atoms with van der Waals surface area (Å²) in [6.45, 7) is 11.1. The molecule has 0 saturated carbocycles. The van der Waals surface area contributed by atoms with Crippen molar-refractivity contribution in [2.45, 2.75) is 39.3 Å². The number of ether oxygens (including phenoxy) is 2. The number of carbonyl (C=O) groups excluding carboxylic acids is 1. The normalized spacial score (nSPS) is 23.9. The number of fused-ring (bicyclic) bond motifs is 1. The maximum atomic E-state index is 12.5. The van der Waals surface area contributed by atoms with Gasteiger partial charge in [-0.1, -0.05) is 12.1 Å². The summed E-state index contributed by atoms with van der Waals surface area (Å²) in [4.78, 5) is 19.6. The van der Waals surface area contributed by atoms with E-state index in [0.29, 0.717) is 12.8 Å². The zero-order valence-electron chi connectivity index (χ0n) is 17.0. The molecular formula is C22H31N3O3. The van der Waals surface area contributed by atoms with Crippen LogP contribution in [0, 0.1) is 0 Å². The van der Waals surface area contributed by atoms with E-state index in [-0.39, 0.29) is 5.91 Å². The van der Waals surface area contributed by atoms with Gasteiger partial charge in [0.05, 0.1) is 0 Å². The molecule has 4 rings (SSSR count). The summed E-state index contributed by atoms with van der Waals surface area (Å²) in [5.41, 5.74) is 2.13. The minimum absolute atomic E-state index is 0.202. The van der Waals surface area contributed by atoms with Crippen molar-refractivity contribution in [2.75, 3.05) is 46.1 Å². The number of allylic oxidation sites excluding steroid dienone is 1. The van der Waals surface area contributed by atoms with E-state index in [0.717, 1.165) is 69.3 Å². The Morgan fingerprint density at radius 2 is 1.93 bits per heavy atom. The highest BCUT2D eigenvalue weighted by Crippen LogP contribution is 2.33. The molecular weight excluding hydrogens is 354 g/mol. The minimum Gasteiger partial charge on any atom is -0.454 e. The van der Waals surface area contributed by atoms with Crippen molar-refractivity contribution in [3.05, 3.63) is 35.4 Å². The Labute approximate surface area is 167 Å². The molecule has 6 heteroatoms. The lowest BCUT2D eigenvalue weighted by Crippen LogP contribution is -2.55. The van der Waals surface area contributed by atoms with Gasteiger partial charge in [-0.25, -0.2) is 0 Å². The Morgan fingerprint density at radius 1 is 1.14 bits per heavy atom. The maximum absolute atomic E-state index is 12.5. The van der Waals surface area contributed by atoms with Crippen molar-refractivity contribution in [2.24, 2.45) is 0 Å². The maximum Gasteiger partial charge on any atom is 0.249 e. The molecule has 28 heavy (non-hydrogen) atoms. The van der Waals surface area contributed by atoms with Crippen molar-refractivity contribution in [3.8, 4) is 11.5 Å². The van der Waals surface area contributed by atoms with Gasteiger partial charge in [0.25, 0.3) is 0 Å². The van der Waals surface area contributed by atoms with E-state index < -0.39 is 0 Å². The van der Waals surface area contributed by atoms with Gasteiger partial charge in [-0.05, 0) is 44.4 Å². The van der Waals surface area contributed by atoms with Crippen molar-refractivity contribution in [3.63, 3.8) is 0 Å². The lowest BCUT2D eigenvalue weighted by molar-refractivity contribution is -0.129. The van der Waals surface area contributed by atoms with Gasteiger partial charge in [-0.15, -0.1) is 0 Å². The van der Waals surface area contributed by atoms with Crippen LogP contribution in [0.3, 0.4) is 0 Å². The molecule has 6 nitrogen and oxygen atoms in total. The Hall–Kier alpha value is -2.05. The number of rotatable bonds is 4. The van der Waals surface area contributed by atoms with Gasteiger partial charge in [-0.2, -0.15) is 0 Å². The molecule has 2 saturated heterocycles. The lowest BCUT2D eigenvalue weighted by atomic mass is 10.0. The van der Waals surface area contributed by atoms with Gasteiger partial charge in [0, 0.05) is 57.4 Å². The quantitative estimate of drug-likeness (QED) is 0.745. The smallest absolute Gasteiger partial charge is 0.249 e. The van der Waals surface area contributed by atoms with Crippen LogP contribution in [-0.4, -0.2) is 72.7 Å². The summed E-state index contributed by atoms with van der Waals surface area (Å²) >= 11 is 0. The second-order valence-corrected chi connectivity index (χ2v) is 8.02. The number of hydrogen-bond acceptors (Lipinski definition) is 5. The van der Waals surface area contributed by atoms with Crippen molar-refractivity contribution >= 4 is 5.91 Å². The average Bonchev–Trinajstić information content (AvgIpc) is 3.21. The van der Waals surface area contributed by atoms with Crippen molar-refractivity contribution in [1.82, 2.24) is 14.7 Å². The topological polar surface area (TPSA) is 45.3 Å². The standard InChI is InChI=1S/C22H31N3O3/c1-3-17(2)22(26)25-8-4-5-19(15-25)24-11-9-23(10-12-24)14-18-6-7-20-21(13-18)28-16-27-20/h3,6-7,13,19H,4-5,8-12,14-16H2,1-2H3. The first kappa shape index (κ1) is 19.3. The molecule has 1 aromatic carbocycles. The zero-order valence-corrected chi connectivity index (χ0v) is 17.0. The number of amides is 1. The number of piperidine rings is 1. The number of carbonyl (C=O) groups is 1. The Bertz CT molecular complexity index is 741. The highest BCUT2D eigenvalue weighted by Gasteiger charge is 2.30. The molecule has 0 radical (unpaired) electrons. The largest absolute Gasteiger partial charge is 0.454 e. The Kier molecular flexibility index (Phi) is 5.87. The molecule has 0 N–H and O–H groups in total. The molecule has 0 bridgehead atoms. The molecule has 0 spiro atoms. The molecule has 1 atom stereocenters. The van der Waals surface area contributed by atoms with Crippen LogP contribution >= 0.6 is 0 Å². The van der Waals surface area contributed by atoms with E-state index in [9.17, 15) is 4.79 Å². The van der Waals surface area contributed by atoms with Crippen LogP contribution in [0.1, 0.15) is 32.3 Å². The molecule has 1 unspecified atom stereocenters. The number of nitrogens with zero attached hydrogens (tertiary/aromatic N) is 3. The van der Waals surface area contributed by atoms with Gasteiger partial charge in [0.15, 0.2) is 11.5 Å². The fraction of sp³-hybridized carbons (Fsp3) is 0.591. The second kappa shape index (κ2) is 8.53. The second-order valence-electron chi connectivity index (χ2n) is 8.02. The molecule has 1 amide bonds. The van der Waals surface area contributed by atoms with Gasteiger partial charge in [0.1, 0.15) is 0 Å². The Balaban J connectivity index is 1.28. The molecule has 3 aliphatic rings. The number of benzene rings is 1. The van der Waals surface area contributed by atoms with E-state index in [1.165, 1.54) is 12.0 Å². The molecule has 1 aromatic rings. The number of likely N-dealkylation sites (tertiary alicyclic amines) is 1. The molecule has 152 valence electrons. The van der Waals surface area contributed by atoms with Gasteiger partial charge in [0.2, 0.25) is 12.7 Å². The monoisotopic (exact) mass is 385 g/mol. The molecule has 0 aromatic heterocycles. The Morgan fingerprint density at radius 3 is 2.71 bits per heavy atom. The average molecular weight is 386 g/mol. The van der Waals surface area contributed by atoms with E-state index in [4.69, 9.17) is 9.47 Å². The lowest BCUT2D eigenvalue weighted by Gasteiger charge is -2.43. The summed E-state index contributed by atoms with van der Waals surface area (Å²) in [7, 11) is 0. The summed E-state index contributed by atoms with van der Waals surface area (Å²) < 4.78 is 10.9. The molecule has 2 fully saturated rings. The fourth-order valence-corrected chi connectivity index (χ4v) is 4.39. The third-order valence-corrected chi connectivity index (χ3v) is 6.22. The molecule has 0 aliphatic carbocycles. The van der Waals surface area contributed by atoms with E-state index in [1.807, 2.05) is 30.9 Å². The van der Waals surface area contributed by atoms with Crippen molar-refractivity contribution < 1.29 is 14.3 Å². The van der Waals surface area contributed by atoms with Crippen LogP contribution in [0.5, 0.6) is 11.5 Å². The predicted molar refractivity (Wildman–Crippen MR) is 108 cm³/mol. The predicted octanol–water partition coefficient (Wildman–Crippen LogP) is 2.49. The van der Waals surface area contributed by atoms with Gasteiger partial charge < -0.3 is 14.4 Å². The highest BCUT2D eigenvalue weighted by molar-refractivity contribution is 5.92. The summed E-state index contributed by atoms with van der Waals surface area (Å²) in [5, 5.41) is 0. The first-order valence-electron chi connectivity index (χ1n) is 10.4. The van der Waals surface area contributed by atoms with Gasteiger partial charge >= 0.3 is 0 Å². The fourth-order valence-electron chi connectivity index (χ4n) is 4.39. The molecule has 3 heterocycles. The van der Waals surface area contributed by atoms with Gasteiger partial charge in [-0.3, -0.25) is 14.6 Å². The van der Waals surface area contributed by atoms with Crippen LogP contribution < -0.4 is 9.47 Å². The minimum atomic E-state index is 0.202. The third-order valence-electron chi connectivity index (χ3n) is 6.22. The van der Waals surface area contributed by atoms with E-state index in [1.54, 1.807) is 0 Å². The third kappa shape index (κ3) is 4.18. The first-order valence-corrected chi connectivity index (χ1v) is 10.4. The summed E-state index contributed by atoms with van der Waals surface area (Å²) in [6.07, 6.45) is 4.21. The van der Waals surface area contributed by atoms with Crippen LogP contribution in [-0.2, 0) is 11.3 Å². The van der Waals surface area contributed by atoms with Crippen LogP contribution in [0.15, 0.2) is 29.8 Å². The van der Waals surface area contributed by atoms with Crippen LogP contribution in [0.2, 0.25) is 0 Å². The van der Waals surface area contributed by atoms with Crippen LogP contribution in [0.25, 0.3) is 0 Å². The summed E-state index contributed by atoms with van der Waals surface area (Å²) in [6, 6.07) is 6.74. The summed E-state index contributed by atoms with van der Waals surface area (Å²) in [5.74, 6) is 1.91. The van der Waals surface area contributed by atoms with E-state index in [2.05, 4.69) is 21.9 Å². The van der Waals surface area contributed by atoms with Crippen molar-refractivity contribution in [1.29, 1.82) is 0 Å². The SMILES string of the molecule is CC=C(C)C(=O)N1CCCC(N2CCN(Cc3ccc4c(c3)OCO4)CC2)C1.